The number of benzene rings is 2. The lowest BCUT2D eigenvalue weighted by Gasteiger charge is -2.30. The molecule has 154 valence electrons. The Hall–Kier alpha value is -3.48. The molecule has 1 fully saturated rings. The van der Waals surface area contributed by atoms with Crippen molar-refractivity contribution < 1.29 is 18.7 Å². The van der Waals surface area contributed by atoms with Gasteiger partial charge in [0.25, 0.3) is 5.91 Å². The first-order valence-corrected chi connectivity index (χ1v) is 9.93. The molecule has 1 aliphatic heterocycles. The fourth-order valence-electron chi connectivity index (χ4n) is 3.58. The van der Waals surface area contributed by atoms with Crippen LogP contribution in [-0.4, -0.2) is 47.2 Å². The maximum atomic E-state index is 12.8. The molecule has 0 saturated carbocycles. The first-order valence-electron chi connectivity index (χ1n) is 9.93. The number of aryl methyl sites for hydroxylation is 1. The molecule has 4 rings (SSSR count). The number of ether oxygens (including phenoxy) is 1. The highest BCUT2D eigenvalue weighted by molar-refractivity contribution is 5.94. The summed E-state index contributed by atoms with van der Waals surface area (Å²) in [6, 6.07) is 15.0. The molecule has 0 aliphatic carbocycles. The number of hydrogen-bond acceptors (Lipinski definition) is 6. The average molecular weight is 405 g/mol. The van der Waals surface area contributed by atoms with Crippen molar-refractivity contribution in [3.05, 3.63) is 59.7 Å². The van der Waals surface area contributed by atoms with Gasteiger partial charge in [0.15, 0.2) is 0 Å². The molecule has 0 unspecified atom stereocenters. The fraction of sp³-hybridized carbons (Fsp3) is 0.304. The summed E-state index contributed by atoms with van der Waals surface area (Å²) >= 11 is 0. The molecule has 1 amide bonds. The van der Waals surface area contributed by atoms with Gasteiger partial charge in [-0.1, -0.05) is 17.7 Å². The van der Waals surface area contributed by atoms with E-state index in [4.69, 9.17) is 9.15 Å². The summed E-state index contributed by atoms with van der Waals surface area (Å²) in [6.07, 6.45) is 1.25. The third-order valence-electron chi connectivity index (χ3n) is 5.42. The third-order valence-corrected chi connectivity index (χ3v) is 5.42. The molecule has 1 saturated heterocycles. The van der Waals surface area contributed by atoms with Crippen molar-refractivity contribution in [2.45, 2.75) is 19.8 Å². The van der Waals surface area contributed by atoms with E-state index in [0.717, 1.165) is 16.7 Å². The number of carbonyl (C=O) groups excluding carboxylic acids is 2. The molecule has 30 heavy (non-hydrogen) atoms. The summed E-state index contributed by atoms with van der Waals surface area (Å²) in [7, 11) is 1.40. The van der Waals surface area contributed by atoms with E-state index in [1.807, 2.05) is 31.2 Å². The zero-order valence-electron chi connectivity index (χ0n) is 17.0. The molecule has 2 aromatic carbocycles. The van der Waals surface area contributed by atoms with Gasteiger partial charge in [-0.2, -0.15) is 0 Å². The highest BCUT2D eigenvalue weighted by Gasteiger charge is 2.28. The second-order valence-corrected chi connectivity index (χ2v) is 7.45. The highest BCUT2D eigenvalue weighted by Crippen LogP contribution is 2.25. The summed E-state index contributed by atoms with van der Waals surface area (Å²) in [5, 5.41) is 8.25. The Kier molecular flexibility index (Phi) is 5.61. The van der Waals surface area contributed by atoms with E-state index in [9.17, 15) is 9.59 Å². The fourth-order valence-corrected chi connectivity index (χ4v) is 3.58. The first-order chi connectivity index (χ1) is 14.5. The van der Waals surface area contributed by atoms with Gasteiger partial charge >= 0.3 is 5.97 Å². The standard InChI is InChI=1S/C23H23N3O4/c1-15-3-5-16(6-4-15)20-24-25-21(30-20)17-7-9-18(10-8-17)22(27)26-13-11-19(12-14-26)23(28)29-2/h3-10,19H,11-14H2,1-2H3. The van der Waals surface area contributed by atoms with Crippen LogP contribution in [0, 0.1) is 12.8 Å². The molecule has 3 aromatic rings. The summed E-state index contributed by atoms with van der Waals surface area (Å²) in [5.41, 5.74) is 3.37. The van der Waals surface area contributed by atoms with Crippen LogP contribution in [0.4, 0.5) is 0 Å². The minimum Gasteiger partial charge on any atom is -0.469 e. The molecular weight excluding hydrogens is 382 g/mol. The molecule has 1 aromatic heterocycles. The molecule has 7 nitrogen and oxygen atoms in total. The van der Waals surface area contributed by atoms with Gasteiger partial charge in [-0.05, 0) is 56.2 Å². The monoisotopic (exact) mass is 405 g/mol. The van der Waals surface area contributed by atoms with E-state index in [-0.39, 0.29) is 17.8 Å². The maximum Gasteiger partial charge on any atom is 0.308 e. The van der Waals surface area contributed by atoms with Crippen LogP contribution in [0.5, 0.6) is 0 Å². The number of hydrogen-bond donors (Lipinski definition) is 0. The number of carbonyl (C=O) groups is 2. The van der Waals surface area contributed by atoms with Crippen molar-refractivity contribution in [3.63, 3.8) is 0 Å². The van der Waals surface area contributed by atoms with E-state index in [0.29, 0.717) is 43.3 Å². The second kappa shape index (κ2) is 8.49. The number of amides is 1. The van der Waals surface area contributed by atoms with E-state index in [1.54, 1.807) is 29.2 Å². The molecule has 0 atom stereocenters. The van der Waals surface area contributed by atoms with Gasteiger partial charge in [-0.15, -0.1) is 10.2 Å². The van der Waals surface area contributed by atoms with E-state index in [2.05, 4.69) is 10.2 Å². The molecule has 2 heterocycles. The van der Waals surface area contributed by atoms with Crippen molar-refractivity contribution >= 4 is 11.9 Å². The van der Waals surface area contributed by atoms with Gasteiger partial charge < -0.3 is 14.1 Å². The van der Waals surface area contributed by atoms with Gasteiger partial charge in [0.1, 0.15) is 0 Å². The number of methoxy groups -OCH3 is 1. The predicted octanol–water partition coefficient (Wildman–Crippen LogP) is 3.74. The number of aromatic nitrogens is 2. The Morgan fingerprint density at radius 1 is 0.933 bits per heavy atom. The van der Waals surface area contributed by atoms with Gasteiger partial charge in [-0.3, -0.25) is 9.59 Å². The summed E-state index contributed by atoms with van der Waals surface area (Å²) in [5.74, 6) is 0.496. The largest absolute Gasteiger partial charge is 0.469 e. The van der Waals surface area contributed by atoms with Crippen molar-refractivity contribution in [2.24, 2.45) is 5.92 Å². The third kappa shape index (κ3) is 4.10. The van der Waals surface area contributed by atoms with E-state index >= 15 is 0 Å². The van der Waals surface area contributed by atoms with Crippen LogP contribution < -0.4 is 0 Å². The Balaban J connectivity index is 1.43. The van der Waals surface area contributed by atoms with Crippen molar-refractivity contribution in [1.82, 2.24) is 15.1 Å². The van der Waals surface area contributed by atoms with E-state index in [1.165, 1.54) is 7.11 Å². The van der Waals surface area contributed by atoms with Crippen LogP contribution in [0.3, 0.4) is 0 Å². The van der Waals surface area contributed by atoms with Gasteiger partial charge in [0.2, 0.25) is 11.8 Å². The minimum atomic E-state index is -0.198. The predicted molar refractivity (Wildman–Crippen MR) is 111 cm³/mol. The Labute approximate surface area is 174 Å². The highest BCUT2D eigenvalue weighted by atomic mass is 16.5. The minimum absolute atomic E-state index is 0.0456. The van der Waals surface area contributed by atoms with Gasteiger partial charge in [0.05, 0.1) is 13.0 Å². The number of likely N-dealkylation sites (tertiary alicyclic amines) is 1. The van der Waals surface area contributed by atoms with Crippen LogP contribution in [0.1, 0.15) is 28.8 Å². The zero-order chi connectivity index (χ0) is 21.1. The van der Waals surface area contributed by atoms with Gasteiger partial charge in [-0.25, -0.2) is 0 Å². The summed E-state index contributed by atoms with van der Waals surface area (Å²) in [4.78, 5) is 26.2. The van der Waals surface area contributed by atoms with Gasteiger partial charge in [0, 0.05) is 29.8 Å². The number of piperidine rings is 1. The summed E-state index contributed by atoms with van der Waals surface area (Å²) < 4.78 is 10.6. The molecule has 7 heteroatoms. The van der Waals surface area contributed by atoms with Crippen LogP contribution in [0.2, 0.25) is 0 Å². The van der Waals surface area contributed by atoms with Crippen LogP contribution in [0.15, 0.2) is 52.9 Å². The number of nitrogens with zero attached hydrogens (tertiary/aromatic N) is 3. The molecule has 0 N–H and O–H groups in total. The first kappa shape index (κ1) is 19.8. The molecule has 1 aliphatic rings. The van der Waals surface area contributed by atoms with Crippen LogP contribution in [0.25, 0.3) is 22.9 Å². The second-order valence-electron chi connectivity index (χ2n) is 7.45. The topological polar surface area (TPSA) is 85.5 Å². The summed E-state index contributed by atoms with van der Waals surface area (Å²) in [6.45, 7) is 3.11. The smallest absolute Gasteiger partial charge is 0.308 e. The maximum absolute atomic E-state index is 12.8. The van der Waals surface area contributed by atoms with Crippen molar-refractivity contribution in [3.8, 4) is 22.9 Å². The molecule has 0 radical (unpaired) electrons. The Morgan fingerprint density at radius 2 is 1.47 bits per heavy atom. The normalized spacial score (nSPS) is 14.5. The molecule has 0 bridgehead atoms. The molecule has 0 spiro atoms. The number of esters is 1. The van der Waals surface area contributed by atoms with Crippen molar-refractivity contribution in [2.75, 3.05) is 20.2 Å². The van der Waals surface area contributed by atoms with Crippen molar-refractivity contribution in [1.29, 1.82) is 0 Å². The quantitative estimate of drug-likeness (QED) is 0.615. The molecular formula is C23H23N3O4. The Morgan fingerprint density at radius 3 is 2.00 bits per heavy atom. The number of rotatable bonds is 4. The lowest BCUT2D eigenvalue weighted by Crippen LogP contribution is -2.40. The van der Waals surface area contributed by atoms with Crippen LogP contribution >= 0.6 is 0 Å². The lowest BCUT2D eigenvalue weighted by atomic mass is 9.96. The lowest BCUT2D eigenvalue weighted by molar-refractivity contribution is -0.146. The Bertz CT molecular complexity index is 1030. The zero-order valence-corrected chi connectivity index (χ0v) is 17.0. The van der Waals surface area contributed by atoms with Crippen LogP contribution in [-0.2, 0) is 9.53 Å². The average Bonchev–Trinajstić information content (AvgIpc) is 3.29. The SMILES string of the molecule is COC(=O)C1CCN(C(=O)c2ccc(-c3nnc(-c4ccc(C)cc4)o3)cc2)CC1. The van der Waals surface area contributed by atoms with E-state index < -0.39 is 0 Å².